The Morgan fingerprint density at radius 2 is 2.19 bits per heavy atom. The predicted octanol–water partition coefficient (Wildman–Crippen LogP) is 2.10. The molecule has 0 spiro atoms. The lowest BCUT2D eigenvalue weighted by Gasteiger charge is -1.95. The van der Waals surface area contributed by atoms with Crippen molar-refractivity contribution < 1.29 is 8.78 Å². The summed E-state index contributed by atoms with van der Waals surface area (Å²) in [6.07, 6.45) is 2.73. The van der Waals surface area contributed by atoms with E-state index in [9.17, 15) is 8.78 Å². The Kier molecular flexibility index (Phi) is 2.86. The number of hydrogen-bond donors (Lipinski definition) is 1. The number of H-pyrrole nitrogens is 1. The number of rotatable bonds is 2. The van der Waals surface area contributed by atoms with Crippen LogP contribution in [-0.4, -0.2) is 21.1 Å². The summed E-state index contributed by atoms with van der Waals surface area (Å²) in [4.78, 5) is 0. The Morgan fingerprint density at radius 3 is 2.81 bits per heavy atom. The second-order valence-corrected chi connectivity index (χ2v) is 3.31. The fourth-order valence-corrected chi connectivity index (χ4v) is 1.19. The molecule has 1 heterocycles. The molecule has 0 atom stereocenters. The molecule has 2 aromatic rings. The summed E-state index contributed by atoms with van der Waals surface area (Å²) < 4.78 is 27.1. The number of aromatic amines is 1. The van der Waals surface area contributed by atoms with Crippen LogP contribution in [0.3, 0.4) is 0 Å². The van der Waals surface area contributed by atoms with E-state index in [1.807, 2.05) is 0 Å². The second kappa shape index (κ2) is 4.31. The lowest BCUT2D eigenvalue weighted by Crippen LogP contribution is -1.91. The van der Waals surface area contributed by atoms with Crippen molar-refractivity contribution in [3.63, 3.8) is 0 Å². The Labute approximate surface area is 94.2 Å². The van der Waals surface area contributed by atoms with E-state index >= 15 is 0 Å². The number of hydrogen-bond acceptors (Lipinski definition) is 3. The van der Waals surface area contributed by atoms with Gasteiger partial charge in [0.25, 0.3) is 0 Å². The fourth-order valence-electron chi connectivity index (χ4n) is 1.05. The maximum Gasteiger partial charge on any atom is 0.216 e. The van der Waals surface area contributed by atoms with Crippen LogP contribution in [0.25, 0.3) is 0 Å². The molecule has 16 heavy (non-hydrogen) atoms. The van der Waals surface area contributed by atoms with Crippen molar-refractivity contribution in [2.45, 2.75) is 0 Å². The molecule has 0 unspecified atom stereocenters. The van der Waals surface area contributed by atoms with Crippen LogP contribution in [0, 0.1) is 16.4 Å². The lowest BCUT2D eigenvalue weighted by atomic mass is 10.2. The molecule has 0 fully saturated rings. The Bertz CT molecular complexity index is 587. The van der Waals surface area contributed by atoms with Crippen molar-refractivity contribution in [1.82, 2.24) is 14.9 Å². The summed E-state index contributed by atoms with van der Waals surface area (Å²) in [5, 5.41) is 10.1. The second-order valence-electron chi connectivity index (χ2n) is 2.92. The van der Waals surface area contributed by atoms with Crippen molar-refractivity contribution in [1.29, 1.82) is 0 Å². The first kappa shape index (κ1) is 10.6. The zero-order chi connectivity index (χ0) is 11.5. The van der Waals surface area contributed by atoms with Gasteiger partial charge in [-0.2, -0.15) is 14.9 Å². The van der Waals surface area contributed by atoms with Crippen LogP contribution in [-0.2, 0) is 0 Å². The molecule has 0 aliphatic carbocycles. The number of nitrogens with zero attached hydrogens (tertiary/aromatic N) is 3. The molecule has 1 N–H and O–H groups in total. The standard InChI is InChI=1S/C9H6F2N4S/c10-7-2-1-6(3-8(7)11)4-13-15-5-12-14-9(15)16/h1-5H,(H,14,16)/b13-4-. The molecule has 1 aromatic carbocycles. The minimum absolute atomic E-state index is 0.318. The fraction of sp³-hybridized carbons (Fsp3) is 0. The van der Waals surface area contributed by atoms with Gasteiger partial charge in [0.1, 0.15) is 6.33 Å². The van der Waals surface area contributed by atoms with Gasteiger partial charge >= 0.3 is 0 Å². The molecule has 0 saturated heterocycles. The molecule has 0 radical (unpaired) electrons. The highest BCUT2D eigenvalue weighted by Crippen LogP contribution is 2.06. The van der Waals surface area contributed by atoms with Crippen molar-refractivity contribution >= 4 is 18.4 Å². The third kappa shape index (κ3) is 2.19. The van der Waals surface area contributed by atoms with Gasteiger partial charge in [0.2, 0.25) is 4.77 Å². The Balaban J connectivity index is 2.27. The lowest BCUT2D eigenvalue weighted by molar-refractivity contribution is 0.508. The minimum Gasteiger partial charge on any atom is -0.250 e. The van der Waals surface area contributed by atoms with Gasteiger partial charge in [-0.3, -0.25) is 5.10 Å². The van der Waals surface area contributed by atoms with Crippen LogP contribution < -0.4 is 0 Å². The monoisotopic (exact) mass is 240 g/mol. The first-order valence-electron chi connectivity index (χ1n) is 4.28. The third-order valence-electron chi connectivity index (χ3n) is 1.81. The molecule has 82 valence electrons. The van der Waals surface area contributed by atoms with Crippen molar-refractivity contribution in [3.05, 3.63) is 46.5 Å². The van der Waals surface area contributed by atoms with Crippen LogP contribution in [0.5, 0.6) is 0 Å². The van der Waals surface area contributed by atoms with Gasteiger partial charge in [-0.25, -0.2) is 8.78 Å². The molecule has 0 amide bonds. The summed E-state index contributed by atoms with van der Waals surface area (Å²) in [6.45, 7) is 0. The molecular formula is C9H6F2N4S. The van der Waals surface area contributed by atoms with E-state index in [0.29, 0.717) is 10.3 Å². The largest absolute Gasteiger partial charge is 0.250 e. The average Bonchev–Trinajstić information content (AvgIpc) is 2.66. The van der Waals surface area contributed by atoms with Gasteiger partial charge < -0.3 is 0 Å². The summed E-state index contributed by atoms with van der Waals surface area (Å²) in [6, 6.07) is 3.49. The molecule has 0 aliphatic rings. The maximum atomic E-state index is 12.8. The summed E-state index contributed by atoms with van der Waals surface area (Å²) in [5.41, 5.74) is 0.432. The first-order chi connectivity index (χ1) is 7.66. The van der Waals surface area contributed by atoms with Gasteiger partial charge in [-0.05, 0) is 29.9 Å². The molecule has 0 saturated carbocycles. The number of benzene rings is 1. The molecular weight excluding hydrogens is 234 g/mol. The quantitative estimate of drug-likeness (QED) is 0.645. The third-order valence-corrected chi connectivity index (χ3v) is 2.09. The van der Waals surface area contributed by atoms with Crippen LogP contribution in [0.15, 0.2) is 29.6 Å². The van der Waals surface area contributed by atoms with E-state index in [0.717, 1.165) is 12.1 Å². The zero-order valence-corrected chi connectivity index (χ0v) is 8.71. The van der Waals surface area contributed by atoms with Gasteiger partial charge in [-0.15, -0.1) is 0 Å². The van der Waals surface area contributed by atoms with E-state index in [2.05, 4.69) is 15.3 Å². The van der Waals surface area contributed by atoms with Crippen LogP contribution in [0.4, 0.5) is 8.78 Å². The van der Waals surface area contributed by atoms with Gasteiger partial charge in [0.15, 0.2) is 11.6 Å². The highest BCUT2D eigenvalue weighted by Gasteiger charge is 2.00. The average molecular weight is 240 g/mol. The van der Waals surface area contributed by atoms with E-state index in [4.69, 9.17) is 12.2 Å². The molecule has 7 heteroatoms. The number of nitrogens with one attached hydrogen (secondary N) is 1. The maximum absolute atomic E-state index is 12.8. The van der Waals surface area contributed by atoms with Crippen LogP contribution >= 0.6 is 12.2 Å². The van der Waals surface area contributed by atoms with E-state index < -0.39 is 11.6 Å². The Morgan fingerprint density at radius 1 is 1.38 bits per heavy atom. The predicted molar refractivity (Wildman–Crippen MR) is 56.8 cm³/mol. The topological polar surface area (TPSA) is 46.0 Å². The molecule has 0 aliphatic heterocycles. The van der Waals surface area contributed by atoms with E-state index in [-0.39, 0.29) is 0 Å². The Hall–Kier alpha value is -1.89. The first-order valence-corrected chi connectivity index (χ1v) is 4.69. The van der Waals surface area contributed by atoms with Crippen molar-refractivity contribution in [2.75, 3.05) is 0 Å². The van der Waals surface area contributed by atoms with Gasteiger partial charge in [0.05, 0.1) is 6.21 Å². The number of aromatic nitrogens is 3. The molecule has 2 rings (SSSR count). The highest BCUT2D eigenvalue weighted by molar-refractivity contribution is 7.71. The van der Waals surface area contributed by atoms with Crippen LogP contribution in [0.1, 0.15) is 5.56 Å². The van der Waals surface area contributed by atoms with Crippen LogP contribution in [0.2, 0.25) is 0 Å². The van der Waals surface area contributed by atoms with Gasteiger partial charge in [-0.1, -0.05) is 6.07 Å². The summed E-state index contributed by atoms with van der Waals surface area (Å²) >= 11 is 4.84. The molecule has 1 aromatic heterocycles. The zero-order valence-electron chi connectivity index (χ0n) is 7.89. The molecule has 4 nitrogen and oxygen atoms in total. The SMILES string of the molecule is Fc1ccc(/C=N\n2cn[nH]c2=S)cc1F. The number of halogens is 2. The molecule has 0 bridgehead atoms. The van der Waals surface area contributed by atoms with Crippen molar-refractivity contribution in [2.24, 2.45) is 5.10 Å². The van der Waals surface area contributed by atoms with Crippen molar-refractivity contribution in [3.8, 4) is 0 Å². The smallest absolute Gasteiger partial charge is 0.216 e. The van der Waals surface area contributed by atoms with E-state index in [1.54, 1.807) is 0 Å². The summed E-state index contributed by atoms with van der Waals surface area (Å²) in [5.74, 6) is -1.81. The summed E-state index contributed by atoms with van der Waals surface area (Å²) in [7, 11) is 0. The van der Waals surface area contributed by atoms with E-state index in [1.165, 1.54) is 23.3 Å². The highest BCUT2D eigenvalue weighted by atomic mass is 32.1. The van der Waals surface area contributed by atoms with Gasteiger partial charge in [0, 0.05) is 0 Å². The normalized spacial score (nSPS) is 11.1. The minimum atomic E-state index is -0.917.